The quantitative estimate of drug-likeness (QED) is 0.782. The third kappa shape index (κ3) is 4.70. The van der Waals surface area contributed by atoms with E-state index in [0.29, 0.717) is 12.6 Å². The molecule has 0 aromatic rings. The predicted octanol–water partition coefficient (Wildman–Crippen LogP) is 2.89. The molecule has 0 aromatic carbocycles. The third-order valence-corrected chi connectivity index (χ3v) is 10.3. The second kappa shape index (κ2) is 7.53. The highest BCUT2D eigenvalue weighted by atomic mass is 28.4. The average molecular weight is 342 g/mol. The number of amides is 2. The van der Waals surface area contributed by atoms with E-state index in [1.54, 1.807) is 0 Å². The summed E-state index contributed by atoms with van der Waals surface area (Å²) in [7, 11) is -1.72. The maximum absolute atomic E-state index is 12.8. The summed E-state index contributed by atoms with van der Waals surface area (Å²) < 4.78 is 6.24. The number of nitrogens with zero attached hydrogens (tertiary/aromatic N) is 2. The summed E-state index contributed by atoms with van der Waals surface area (Å²) >= 11 is 0. The van der Waals surface area contributed by atoms with Gasteiger partial charge in [-0.3, -0.25) is 0 Å². The Bertz CT molecular complexity index is 403. The first-order valence-electron chi connectivity index (χ1n) is 9.12. The first kappa shape index (κ1) is 18.7. The summed E-state index contributed by atoms with van der Waals surface area (Å²) in [6.45, 7) is 16.6. The third-order valence-electron chi connectivity index (χ3n) is 5.72. The molecular weight excluding hydrogens is 306 g/mol. The van der Waals surface area contributed by atoms with Gasteiger partial charge in [0, 0.05) is 25.7 Å². The van der Waals surface area contributed by atoms with Crippen molar-refractivity contribution < 1.29 is 9.22 Å². The van der Waals surface area contributed by atoms with Gasteiger partial charge in [-0.15, -0.1) is 0 Å². The molecule has 2 amide bonds. The van der Waals surface area contributed by atoms with Crippen LogP contribution >= 0.6 is 0 Å². The SMILES string of the molecule is CC(C)(C)[Si](C)(C)OCCN1CCCN(C2CCNCC2)C1=O. The van der Waals surface area contributed by atoms with Crippen molar-refractivity contribution in [3.05, 3.63) is 0 Å². The van der Waals surface area contributed by atoms with Crippen LogP contribution in [0.3, 0.4) is 0 Å². The average Bonchev–Trinajstić information content (AvgIpc) is 2.48. The number of carbonyl (C=O) groups excluding carboxylic acids is 1. The lowest BCUT2D eigenvalue weighted by Gasteiger charge is -2.42. The summed E-state index contributed by atoms with van der Waals surface area (Å²) in [5, 5.41) is 3.60. The number of carbonyl (C=O) groups is 1. The van der Waals surface area contributed by atoms with Crippen LogP contribution in [0.2, 0.25) is 18.1 Å². The molecule has 0 atom stereocenters. The van der Waals surface area contributed by atoms with Crippen LogP contribution in [0.1, 0.15) is 40.0 Å². The summed E-state index contributed by atoms with van der Waals surface area (Å²) in [5.74, 6) is 0. The summed E-state index contributed by atoms with van der Waals surface area (Å²) in [4.78, 5) is 16.9. The van der Waals surface area contributed by atoms with Gasteiger partial charge in [-0.2, -0.15) is 0 Å². The molecule has 2 saturated heterocycles. The first-order valence-corrected chi connectivity index (χ1v) is 12.0. The Morgan fingerprint density at radius 2 is 1.87 bits per heavy atom. The molecule has 134 valence electrons. The van der Waals surface area contributed by atoms with Crippen molar-refractivity contribution in [2.75, 3.05) is 39.3 Å². The minimum Gasteiger partial charge on any atom is -0.415 e. The highest BCUT2D eigenvalue weighted by molar-refractivity contribution is 6.74. The van der Waals surface area contributed by atoms with Crippen LogP contribution in [-0.2, 0) is 4.43 Å². The Balaban J connectivity index is 1.84. The largest absolute Gasteiger partial charge is 0.415 e. The normalized spacial score (nSPS) is 21.9. The van der Waals surface area contributed by atoms with Gasteiger partial charge in [0.2, 0.25) is 0 Å². The minimum absolute atomic E-state index is 0.222. The second-order valence-electron chi connectivity index (χ2n) is 8.41. The van der Waals surface area contributed by atoms with Gasteiger partial charge >= 0.3 is 6.03 Å². The van der Waals surface area contributed by atoms with Gasteiger partial charge in [-0.1, -0.05) is 20.8 Å². The zero-order chi connectivity index (χ0) is 17.1. The lowest BCUT2D eigenvalue weighted by Crippen LogP contribution is -2.56. The van der Waals surface area contributed by atoms with Crippen molar-refractivity contribution in [2.45, 2.75) is 64.2 Å². The van der Waals surface area contributed by atoms with Crippen LogP contribution in [0.25, 0.3) is 0 Å². The van der Waals surface area contributed by atoms with Crippen molar-refractivity contribution in [2.24, 2.45) is 0 Å². The van der Waals surface area contributed by atoms with E-state index in [0.717, 1.165) is 52.0 Å². The van der Waals surface area contributed by atoms with Gasteiger partial charge in [0.15, 0.2) is 8.32 Å². The zero-order valence-electron chi connectivity index (χ0n) is 15.7. The van der Waals surface area contributed by atoms with Crippen LogP contribution in [0, 0.1) is 0 Å². The maximum Gasteiger partial charge on any atom is 0.320 e. The van der Waals surface area contributed by atoms with Gasteiger partial charge in [-0.25, -0.2) is 4.79 Å². The number of hydrogen-bond acceptors (Lipinski definition) is 3. The number of nitrogens with one attached hydrogen (secondary N) is 1. The van der Waals surface area contributed by atoms with Gasteiger partial charge in [0.25, 0.3) is 0 Å². The van der Waals surface area contributed by atoms with Gasteiger partial charge < -0.3 is 19.5 Å². The predicted molar refractivity (Wildman–Crippen MR) is 97.3 cm³/mol. The van der Waals surface area contributed by atoms with Crippen LogP contribution in [0.15, 0.2) is 0 Å². The molecule has 2 heterocycles. The van der Waals surface area contributed by atoms with Crippen molar-refractivity contribution in [3.63, 3.8) is 0 Å². The molecule has 0 unspecified atom stereocenters. The van der Waals surface area contributed by atoms with E-state index in [9.17, 15) is 4.79 Å². The van der Waals surface area contributed by atoms with Gasteiger partial charge in [0.1, 0.15) is 0 Å². The maximum atomic E-state index is 12.8. The fourth-order valence-electron chi connectivity index (χ4n) is 3.10. The van der Waals surface area contributed by atoms with E-state index in [2.05, 4.69) is 44.1 Å². The number of rotatable bonds is 5. The molecule has 2 fully saturated rings. The topological polar surface area (TPSA) is 44.8 Å². The highest BCUT2D eigenvalue weighted by Gasteiger charge is 2.37. The Labute approximate surface area is 142 Å². The molecule has 0 bridgehead atoms. The molecule has 0 aliphatic carbocycles. The van der Waals surface area contributed by atoms with Gasteiger partial charge in [-0.05, 0) is 50.5 Å². The summed E-state index contributed by atoms with van der Waals surface area (Å²) in [6.07, 6.45) is 3.25. The lowest BCUT2D eigenvalue weighted by molar-refractivity contribution is 0.0905. The standard InChI is InChI=1S/C17H35N3O2Si/c1-17(2,3)23(4,5)22-14-13-19-11-6-12-20(16(19)21)15-7-9-18-10-8-15/h15,18H,6-14H2,1-5H3. The smallest absolute Gasteiger partial charge is 0.320 e. The Hall–Kier alpha value is -0.593. The highest BCUT2D eigenvalue weighted by Crippen LogP contribution is 2.36. The van der Waals surface area contributed by atoms with Crippen molar-refractivity contribution >= 4 is 14.3 Å². The van der Waals surface area contributed by atoms with Crippen LogP contribution < -0.4 is 5.32 Å². The van der Waals surface area contributed by atoms with Crippen molar-refractivity contribution in [3.8, 4) is 0 Å². The Kier molecular flexibility index (Phi) is 6.14. The van der Waals surface area contributed by atoms with E-state index >= 15 is 0 Å². The number of urea groups is 1. The van der Waals surface area contributed by atoms with E-state index in [1.165, 1.54) is 0 Å². The second-order valence-corrected chi connectivity index (χ2v) is 13.2. The molecule has 0 radical (unpaired) electrons. The molecule has 5 nitrogen and oxygen atoms in total. The molecule has 0 saturated carbocycles. The molecule has 23 heavy (non-hydrogen) atoms. The van der Waals surface area contributed by atoms with Crippen LogP contribution in [0.5, 0.6) is 0 Å². The van der Waals surface area contributed by atoms with E-state index in [1.807, 2.05) is 4.90 Å². The summed E-state index contributed by atoms with van der Waals surface area (Å²) in [6, 6.07) is 0.648. The molecule has 1 N–H and O–H groups in total. The fraction of sp³-hybridized carbons (Fsp3) is 0.941. The Morgan fingerprint density at radius 1 is 1.22 bits per heavy atom. The molecule has 0 aromatic heterocycles. The van der Waals surface area contributed by atoms with E-state index in [4.69, 9.17) is 4.43 Å². The minimum atomic E-state index is -1.72. The number of piperidine rings is 1. The van der Waals surface area contributed by atoms with Gasteiger partial charge in [0.05, 0.1) is 6.61 Å². The number of hydrogen-bond donors (Lipinski definition) is 1. The molecular formula is C17H35N3O2Si. The molecule has 2 rings (SSSR count). The van der Waals surface area contributed by atoms with E-state index < -0.39 is 8.32 Å². The lowest BCUT2D eigenvalue weighted by atomic mass is 10.0. The monoisotopic (exact) mass is 341 g/mol. The Morgan fingerprint density at radius 3 is 2.48 bits per heavy atom. The fourth-order valence-corrected chi connectivity index (χ4v) is 4.13. The zero-order valence-corrected chi connectivity index (χ0v) is 16.7. The van der Waals surface area contributed by atoms with E-state index in [-0.39, 0.29) is 11.1 Å². The van der Waals surface area contributed by atoms with Crippen molar-refractivity contribution in [1.82, 2.24) is 15.1 Å². The molecule has 0 spiro atoms. The van der Waals surface area contributed by atoms with Crippen molar-refractivity contribution in [1.29, 1.82) is 0 Å². The first-order chi connectivity index (χ1) is 10.7. The van der Waals surface area contributed by atoms with Crippen LogP contribution in [-0.4, -0.2) is 69.5 Å². The summed E-state index contributed by atoms with van der Waals surface area (Å²) in [5.41, 5.74) is 0. The van der Waals surface area contributed by atoms with Crippen LogP contribution in [0.4, 0.5) is 4.79 Å². The molecule has 2 aliphatic rings. The molecule has 6 heteroatoms. The molecule has 2 aliphatic heterocycles.